The second kappa shape index (κ2) is 11.5. The fourth-order valence-corrected chi connectivity index (χ4v) is 4.86. The number of H-pyrrole nitrogens is 1. The molecule has 0 aliphatic heterocycles. The molecule has 3 aromatic carbocycles. The van der Waals surface area contributed by atoms with Gasteiger partial charge in [0.15, 0.2) is 0 Å². The molecule has 1 unspecified atom stereocenters. The van der Waals surface area contributed by atoms with Gasteiger partial charge in [-0.2, -0.15) is 0 Å². The normalized spacial score (nSPS) is 12.0. The van der Waals surface area contributed by atoms with Crippen LogP contribution in [0.4, 0.5) is 15.8 Å². The van der Waals surface area contributed by atoms with Crippen molar-refractivity contribution in [1.29, 1.82) is 0 Å². The zero-order valence-electron chi connectivity index (χ0n) is 21.5. The maximum atomic E-state index is 13.5. The molecule has 0 radical (unpaired) electrons. The Morgan fingerprint density at radius 3 is 2.54 bits per heavy atom. The van der Waals surface area contributed by atoms with Crippen LogP contribution in [0.15, 0.2) is 85.1 Å². The quantitative estimate of drug-likeness (QED) is 0.163. The van der Waals surface area contributed by atoms with Gasteiger partial charge in [0, 0.05) is 29.5 Å². The van der Waals surface area contributed by atoms with Crippen LogP contribution in [0.1, 0.15) is 40.0 Å². The largest absolute Gasteiger partial charge is 0.394 e. The number of primary amides is 1. The Bertz CT molecular complexity index is 1600. The molecule has 39 heavy (non-hydrogen) atoms. The van der Waals surface area contributed by atoms with E-state index in [4.69, 9.17) is 5.73 Å². The smallest absolute Gasteiger partial charge is 0.252 e. The zero-order valence-corrected chi connectivity index (χ0v) is 21.5. The number of fused-ring (bicyclic) bond motifs is 1. The summed E-state index contributed by atoms with van der Waals surface area (Å²) in [6.07, 6.45) is 2.20. The minimum atomic E-state index is -0.596. The first kappa shape index (κ1) is 26.1. The van der Waals surface area contributed by atoms with Crippen molar-refractivity contribution in [3.05, 3.63) is 113 Å². The molecular weight excluding hydrogens is 493 g/mol. The molecule has 5 aromatic rings. The number of amides is 1. The lowest BCUT2D eigenvalue weighted by Crippen LogP contribution is -2.24. The van der Waals surface area contributed by atoms with E-state index in [1.807, 2.05) is 48.5 Å². The number of aromatic nitrogens is 2. The first-order chi connectivity index (χ1) is 19.0. The fourth-order valence-electron chi connectivity index (χ4n) is 4.86. The van der Waals surface area contributed by atoms with Crippen LogP contribution in [0.3, 0.4) is 0 Å². The molecule has 0 fully saturated rings. The predicted molar refractivity (Wildman–Crippen MR) is 152 cm³/mol. The number of carbonyl (C=O) groups is 1. The van der Waals surface area contributed by atoms with E-state index in [0.29, 0.717) is 23.3 Å². The molecule has 1 amide bonds. The second-order valence-electron chi connectivity index (χ2n) is 9.31. The Balaban J connectivity index is 1.50. The minimum Gasteiger partial charge on any atom is -0.394 e. The molecule has 2 heterocycles. The molecule has 8 heteroatoms. The number of hydrogen-bond donors (Lipinski definition) is 5. The SMILES string of the molecule is CCc1c(CNC(CO)c2ccccc2)cccc1Nc1c(C(N)=O)cnc2[nH]c(-c3ccc(F)cc3)cc12. The molecule has 0 aliphatic rings. The summed E-state index contributed by atoms with van der Waals surface area (Å²) in [4.78, 5) is 20.1. The van der Waals surface area contributed by atoms with Crippen LogP contribution >= 0.6 is 0 Å². The molecule has 2 aromatic heterocycles. The summed E-state index contributed by atoms with van der Waals surface area (Å²) in [5.74, 6) is -0.914. The van der Waals surface area contributed by atoms with Gasteiger partial charge in [0.25, 0.3) is 5.91 Å². The van der Waals surface area contributed by atoms with E-state index < -0.39 is 5.91 Å². The molecule has 0 saturated carbocycles. The van der Waals surface area contributed by atoms with Gasteiger partial charge in [-0.05, 0) is 65.1 Å². The Morgan fingerprint density at radius 1 is 1.08 bits per heavy atom. The monoisotopic (exact) mass is 523 g/mol. The number of aliphatic hydroxyl groups is 1. The van der Waals surface area contributed by atoms with Gasteiger partial charge in [0.05, 0.1) is 23.9 Å². The topological polar surface area (TPSA) is 116 Å². The second-order valence-corrected chi connectivity index (χ2v) is 9.31. The number of carbonyl (C=O) groups excluding carboxylic acids is 1. The van der Waals surface area contributed by atoms with Crippen LogP contribution in [-0.4, -0.2) is 27.6 Å². The minimum absolute atomic E-state index is 0.0236. The van der Waals surface area contributed by atoms with Gasteiger partial charge in [-0.15, -0.1) is 0 Å². The van der Waals surface area contributed by atoms with Gasteiger partial charge in [0.2, 0.25) is 0 Å². The summed E-state index contributed by atoms with van der Waals surface area (Å²) in [6, 6.07) is 23.7. The maximum Gasteiger partial charge on any atom is 0.252 e. The van der Waals surface area contributed by atoms with Crippen LogP contribution in [-0.2, 0) is 13.0 Å². The highest BCUT2D eigenvalue weighted by atomic mass is 19.1. The summed E-state index contributed by atoms with van der Waals surface area (Å²) in [5, 5.41) is 17.6. The highest BCUT2D eigenvalue weighted by Gasteiger charge is 2.18. The number of aromatic amines is 1. The molecule has 6 N–H and O–H groups in total. The first-order valence-electron chi connectivity index (χ1n) is 12.8. The maximum absolute atomic E-state index is 13.5. The van der Waals surface area contributed by atoms with Gasteiger partial charge in [-0.3, -0.25) is 4.79 Å². The molecular formula is C31H30FN5O2. The van der Waals surface area contributed by atoms with Crippen molar-refractivity contribution >= 4 is 28.3 Å². The first-order valence-corrected chi connectivity index (χ1v) is 12.8. The highest BCUT2D eigenvalue weighted by molar-refractivity contribution is 6.08. The Labute approximate surface area is 225 Å². The Kier molecular flexibility index (Phi) is 7.67. The van der Waals surface area contributed by atoms with Crippen molar-refractivity contribution in [1.82, 2.24) is 15.3 Å². The van der Waals surface area contributed by atoms with Crippen molar-refractivity contribution in [3.63, 3.8) is 0 Å². The average molecular weight is 524 g/mol. The molecule has 0 aliphatic carbocycles. The van der Waals surface area contributed by atoms with E-state index in [-0.39, 0.29) is 24.0 Å². The number of nitrogens with two attached hydrogens (primary N) is 1. The summed E-state index contributed by atoms with van der Waals surface area (Å²) in [6.45, 7) is 2.60. The van der Waals surface area contributed by atoms with Crippen molar-refractivity contribution in [3.8, 4) is 11.3 Å². The van der Waals surface area contributed by atoms with Crippen LogP contribution in [0.2, 0.25) is 0 Å². The van der Waals surface area contributed by atoms with Crippen LogP contribution < -0.4 is 16.4 Å². The van der Waals surface area contributed by atoms with E-state index in [2.05, 4.69) is 33.6 Å². The van der Waals surface area contributed by atoms with Crippen molar-refractivity contribution in [2.75, 3.05) is 11.9 Å². The number of anilines is 2. The summed E-state index contributed by atoms with van der Waals surface area (Å²) >= 11 is 0. The number of pyridine rings is 1. The number of hydrogen-bond acceptors (Lipinski definition) is 5. The number of benzene rings is 3. The van der Waals surface area contributed by atoms with E-state index >= 15 is 0 Å². The summed E-state index contributed by atoms with van der Waals surface area (Å²) in [5.41, 5.74) is 12.7. The summed E-state index contributed by atoms with van der Waals surface area (Å²) in [7, 11) is 0. The van der Waals surface area contributed by atoms with Crippen molar-refractivity contribution in [2.24, 2.45) is 5.73 Å². The Hall–Kier alpha value is -4.53. The molecule has 0 bridgehead atoms. The average Bonchev–Trinajstić information content (AvgIpc) is 3.39. The van der Waals surface area contributed by atoms with Gasteiger partial charge < -0.3 is 26.5 Å². The van der Waals surface area contributed by atoms with Gasteiger partial charge >= 0.3 is 0 Å². The molecule has 0 saturated heterocycles. The highest BCUT2D eigenvalue weighted by Crippen LogP contribution is 2.34. The van der Waals surface area contributed by atoms with Crippen molar-refractivity contribution in [2.45, 2.75) is 25.9 Å². The summed E-state index contributed by atoms with van der Waals surface area (Å²) < 4.78 is 13.5. The fraction of sp³-hybridized carbons (Fsp3) is 0.161. The van der Waals surface area contributed by atoms with E-state index in [1.165, 1.54) is 18.3 Å². The molecule has 198 valence electrons. The van der Waals surface area contributed by atoms with Crippen molar-refractivity contribution < 1.29 is 14.3 Å². The molecule has 1 atom stereocenters. The number of aliphatic hydroxyl groups excluding tert-OH is 1. The third-order valence-corrected chi connectivity index (χ3v) is 6.89. The van der Waals surface area contributed by atoms with Gasteiger partial charge in [-0.1, -0.05) is 49.4 Å². The third kappa shape index (κ3) is 5.52. The van der Waals surface area contributed by atoms with E-state index in [0.717, 1.165) is 40.1 Å². The lowest BCUT2D eigenvalue weighted by molar-refractivity contribution is 0.100. The third-order valence-electron chi connectivity index (χ3n) is 6.89. The van der Waals surface area contributed by atoms with Crippen LogP contribution in [0.5, 0.6) is 0 Å². The number of halogens is 1. The lowest BCUT2D eigenvalue weighted by atomic mass is 10.0. The number of nitrogens with one attached hydrogen (secondary N) is 3. The van der Waals surface area contributed by atoms with E-state index in [1.54, 1.807) is 12.1 Å². The standard InChI is InChI=1S/C31H30FN5O2/c1-2-23-21(16-34-28(18-38)19-7-4-3-5-8-19)9-6-10-26(23)36-29-24-15-27(20-11-13-22(32)14-12-20)37-31(24)35-17-25(29)30(33)39/h3-15,17,28,34,38H,2,16,18H2,1H3,(H2,33,39)(H2,35,36,37). The lowest BCUT2D eigenvalue weighted by Gasteiger charge is -2.20. The van der Waals surface area contributed by atoms with Gasteiger partial charge in [0.1, 0.15) is 11.5 Å². The van der Waals surface area contributed by atoms with Crippen LogP contribution in [0.25, 0.3) is 22.3 Å². The van der Waals surface area contributed by atoms with E-state index in [9.17, 15) is 14.3 Å². The van der Waals surface area contributed by atoms with Crippen LogP contribution in [0, 0.1) is 5.82 Å². The number of rotatable bonds is 10. The molecule has 7 nitrogen and oxygen atoms in total. The molecule has 0 spiro atoms. The zero-order chi connectivity index (χ0) is 27.4. The Morgan fingerprint density at radius 2 is 1.85 bits per heavy atom. The number of nitrogens with zero attached hydrogens (tertiary/aromatic N) is 1. The molecule has 5 rings (SSSR count). The van der Waals surface area contributed by atoms with Gasteiger partial charge in [-0.25, -0.2) is 9.37 Å². The predicted octanol–water partition coefficient (Wildman–Crippen LogP) is 5.60.